The summed E-state index contributed by atoms with van der Waals surface area (Å²) in [6, 6.07) is 3.04. The summed E-state index contributed by atoms with van der Waals surface area (Å²) in [5.41, 5.74) is 0. The van der Waals surface area contributed by atoms with E-state index >= 15 is 0 Å². The minimum atomic E-state index is 0.786. The molecule has 0 aliphatic carbocycles. The van der Waals surface area contributed by atoms with Crippen molar-refractivity contribution in [3.63, 3.8) is 0 Å². The van der Waals surface area contributed by atoms with E-state index in [1.165, 1.54) is 41.6 Å². The molecule has 0 bridgehead atoms. The smallest absolute Gasteiger partial charge is 0.0331 e. The molecule has 1 aromatic rings. The monoisotopic (exact) mass is 365 g/mol. The second-order valence-electron chi connectivity index (χ2n) is 4.33. The number of nitrogens with zero attached hydrogens (tertiary/aromatic N) is 1. The van der Waals surface area contributed by atoms with Crippen LogP contribution < -0.4 is 0 Å². The van der Waals surface area contributed by atoms with Crippen LogP contribution in [0.1, 0.15) is 30.6 Å². The highest BCUT2D eigenvalue weighted by molar-refractivity contribution is 9.10. The topological polar surface area (TPSA) is 3.24 Å². The van der Waals surface area contributed by atoms with E-state index in [4.69, 9.17) is 0 Å². The van der Waals surface area contributed by atoms with Gasteiger partial charge in [0.15, 0.2) is 0 Å². The minimum Gasteiger partial charge on any atom is -0.295 e. The quantitative estimate of drug-likeness (QED) is 0.701. The average molecular weight is 367 g/mol. The highest BCUT2D eigenvalue weighted by Crippen LogP contribution is 2.26. The predicted molar refractivity (Wildman–Crippen MR) is 78.5 cm³/mol. The van der Waals surface area contributed by atoms with Crippen molar-refractivity contribution >= 4 is 43.2 Å². The van der Waals surface area contributed by atoms with Crippen molar-refractivity contribution in [2.45, 2.75) is 38.3 Å². The Morgan fingerprint density at radius 1 is 1.44 bits per heavy atom. The van der Waals surface area contributed by atoms with Crippen LogP contribution in [0.2, 0.25) is 0 Å². The van der Waals surface area contributed by atoms with E-state index in [9.17, 15) is 0 Å². The van der Waals surface area contributed by atoms with Gasteiger partial charge in [-0.15, -0.1) is 11.3 Å². The molecule has 1 nitrogen and oxygen atoms in total. The summed E-state index contributed by atoms with van der Waals surface area (Å²) < 4.78 is 1.22. The highest BCUT2D eigenvalue weighted by Gasteiger charge is 2.21. The summed E-state index contributed by atoms with van der Waals surface area (Å²) >= 11 is 8.96. The summed E-state index contributed by atoms with van der Waals surface area (Å²) in [6.45, 7) is 2.40. The van der Waals surface area contributed by atoms with E-state index in [0.29, 0.717) is 0 Å². The molecular weight excluding hydrogens is 350 g/mol. The molecule has 0 spiro atoms. The van der Waals surface area contributed by atoms with Crippen LogP contribution in [0.3, 0.4) is 0 Å². The standard InChI is InChI=1S/C12H17Br2NS/c13-5-4-11-3-1-2-6-15(11)8-12-7-10(14)9-16-12/h7,9,11H,1-6,8H2. The molecule has 1 atom stereocenters. The number of hydrogen-bond donors (Lipinski definition) is 0. The fourth-order valence-electron chi connectivity index (χ4n) is 2.36. The van der Waals surface area contributed by atoms with Crippen molar-refractivity contribution in [3.05, 3.63) is 20.8 Å². The lowest BCUT2D eigenvalue weighted by molar-refractivity contribution is 0.138. The van der Waals surface area contributed by atoms with Crippen LogP contribution in [0, 0.1) is 0 Å². The van der Waals surface area contributed by atoms with Gasteiger partial charge in [0.25, 0.3) is 0 Å². The number of likely N-dealkylation sites (tertiary alicyclic amines) is 1. The molecule has 4 heteroatoms. The van der Waals surface area contributed by atoms with Crippen LogP contribution >= 0.6 is 43.2 Å². The molecule has 0 N–H and O–H groups in total. The Balaban J connectivity index is 1.95. The molecule has 0 aromatic carbocycles. The van der Waals surface area contributed by atoms with Crippen molar-refractivity contribution in [3.8, 4) is 0 Å². The maximum absolute atomic E-state index is 3.57. The molecule has 2 rings (SSSR count). The van der Waals surface area contributed by atoms with Crippen LogP contribution in [-0.2, 0) is 6.54 Å². The lowest BCUT2D eigenvalue weighted by atomic mass is 10.00. The van der Waals surface area contributed by atoms with E-state index in [0.717, 1.165) is 17.9 Å². The molecule has 0 saturated carbocycles. The Morgan fingerprint density at radius 2 is 2.31 bits per heavy atom. The zero-order valence-electron chi connectivity index (χ0n) is 9.29. The van der Waals surface area contributed by atoms with Gasteiger partial charge in [-0.2, -0.15) is 0 Å². The molecule has 1 fully saturated rings. The largest absolute Gasteiger partial charge is 0.295 e. The van der Waals surface area contributed by atoms with Gasteiger partial charge in [-0.05, 0) is 47.8 Å². The van der Waals surface area contributed by atoms with Gasteiger partial charge in [-0.25, -0.2) is 0 Å². The lowest BCUT2D eigenvalue weighted by Gasteiger charge is -2.35. The predicted octanol–water partition coefficient (Wildman–Crippen LogP) is 4.65. The third-order valence-corrected chi connectivity index (χ3v) is 5.31. The third kappa shape index (κ3) is 3.56. The molecule has 2 heterocycles. The Morgan fingerprint density at radius 3 is 3.00 bits per heavy atom. The number of thiophene rings is 1. The Bertz CT molecular complexity index is 325. The van der Waals surface area contributed by atoms with Crippen LogP contribution in [-0.4, -0.2) is 22.8 Å². The Hall–Kier alpha value is 0.620. The summed E-state index contributed by atoms with van der Waals surface area (Å²) in [7, 11) is 0. The molecule has 1 aromatic heterocycles. The molecular formula is C12H17Br2NS. The van der Waals surface area contributed by atoms with Gasteiger partial charge in [-0.3, -0.25) is 4.90 Å². The number of halogens is 2. The van der Waals surface area contributed by atoms with Crippen molar-refractivity contribution in [2.75, 3.05) is 11.9 Å². The Labute approximate surface area is 118 Å². The molecule has 1 aliphatic heterocycles. The van der Waals surface area contributed by atoms with Crippen molar-refractivity contribution in [1.29, 1.82) is 0 Å². The number of alkyl halides is 1. The van der Waals surface area contributed by atoms with E-state index in [1.54, 1.807) is 0 Å². The first-order chi connectivity index (χ1) is 7.79. The first-order valence-corrected chi connectivity index (χ1v) is 8.62. The Kier molecular flexibility index (Phi) is 5.33. The molecule has 1 aliphatic rings. The van der Waals surface area contributed by atoms with E-state index in [-0.39, 0.29) is 0 Å². The number of piperidine rings is 1. The van der Waals surface area contributed by atoms with Gasteiger partial charge < -0.3 is 0 Å². The zero-order valence-corrected chi connectivity index (χ0v) is 13.3. The van der Waals surface area contributed by atoms with Crippen molar-refractivity contribution in [2.24, 2.45) is 0 Å². The second-order valence-corrected chi connectivity index (χ2v) is 7.03. The van der Waals surface area contributed by atoms with E-state index < -0.39 is 0 Å². The SMILES string of the molecule is BrCCC1CCCCN1Cc1cc(Br)cs1. The van der Waals surface area contributed by atoms with Gasteiger partial charge in [0.1, 0.15) is 0 Å². The van der Waals surface area contributed by atoms with E-state index in [1.807, 2.05) is 11.3 Å². The maximum atomic E-state index is 3.57. The first-order valence-electron chi connectivity index (χ1n) is 5.82. The molecule has 90 valence electrons. The highest BCUT2D eigenvalue weighted by atomic mass is 79.9. The summed E-state index contributed by atoms with van der Waals surface area (Å²) in [6.07, 6.45) is 5.43. The first kappa shape index (κ1) is 13.1. The molecule has 1 unspecified atom stereocenters. The van der Waals surface area contributed by atoms with Gasteiger partial charge in [0.2, 0.25) is 0 Å². The fraction of sp³-hybridized carbons (Fsp3) is 0.667. The van der Waals surface area contributed by atoms with Gasteiger partial charge in [0.05, 0.1) is 0 Å². The normalized spacial score (nSPS) is 22.5. The van der Waals surface area contributed by atoms with Crippen molar-refractivity contribution in [1.82, 2.24) is 4.90 Å². The lowest BCUT2D eigenvalue weighted by Crippen LogP contribution is -2.38. The van der Waals surface area contributed by atoms with Gasteiger partial charge >= 0.3 is 0 Å². The van der Waals surface area contributed by atoms with E-state index in [2.05, 4.69) is 48.2 Å². The van der Waals surface area contributed by atoms with Gasteiger partial charge in [-0.1, -0.05) is 22.4 Å². The van der Waals surface area contributed by atoms with Crippen LogP contribution in [0.4, 0.5) is 0 Å². The summed E-state index contributed by atoms with van der Waals surface area (Å²) in [4.78, 5) is 4.14. The molecule has 0 amide bonds. The van der Waals surface area contributed by atoms with Crippen LogP contribution in [0.15, 0.2) is 15.9 Å². The second kappa shape index (κ2) is 6.53. The maximum Gasteiger partial charge on any atom is 0.0331 e. The number of rotatable bonds is 4. The summed E-state index contributed by atoms with van der Waals surface area (Å²) in [5, 5.41) is 3.31. The van der Waals surface area contributed by atoms with Gasteiger partial charge in [0, 0.05) is 32.6 Å². The summed E-state index contributed by atoms with van der Waals surface area (Å²) in [5.74, 6) is 0. The molecule has 0 radical (unpaired) electrons. The average Bonchev–Trinajstić information content (AvgIpc) is 2.67. The minimum absolute atomic E-state index is 0.786. The fourth-order valence-corrected chi connectivity index (χ4v) is 4.36. The van der Waals surface area contributed by atoms with Crippen LogP contribution in [0.5, 0.6) is 0 Å². The molecule has 1 saturated heterocycles. The zero-order chi connectivity index (χ0) is 11.4. The third-order valence-electron chi connectivity index (χ3n) is 3.17. The molecule has 16 heavy (non-hydrogen) atoms. The van der Waals surface area contributed by atoms with Crippen LogP contribution in [0.25, 0.3) is 0 Å². The number of hydrogen-bond acceptors (Lipinski definition) is 2. The van der Waals surface area contributed by atoms with Crippen molar-refractivity contribution < 1.29 is 0 Å².